The highest BCUT2D eigenvalue weighted by molar-refractivity contribution is 7.10. The molecule has 2 rings (SSSR count). The lowest BCUT2D eigenvalue weighted by Crippen LogP contribution is -2.06. The average Bonchev–Trinajstić information content (AvgIpc) is 2.56. The van der Waals surface area contributed by atoms with E-state index in [2.05, 4.69) is 6.92 Å². The highest BCUT2D eigenvalue weighted by Gasteiger charge is 2.53. The summed E-state index contributed by atoms with van der Waals surface area (Å²) in [6, 6.07) is 1.91. The second-order valence-corrected chi connectivity index (χ2v) is 4.26. The van der Waals surface area contributed by atoms with Gasteiger partial charge in [0.05, 0.1) is 12.0 Å². The van der Waals surface area contributed by atoms with Crippen molar-refractivity contribution in [2.75, 3.05) is 7.11 Å². The van der Waals surface area contributed by atoms with Crippen LogP contribution in [-0.4, -0.2) is 12.2 Å². The van der Waals surface area contributed by atoms with Gasteiger partial charge in [-0.25, -0.2) is 0 Å². The van der Waals surface area contributed by atoms with Gasteiger partial charge in [0, 0.05) is 0 Å². The van der Waals surface area contributed by atoms with E-state index in [4.69, 9.17) is 4.74 Å². The van der Waals surface area contributed by atoms with E-state index in [1.54, 1.807) is 18.4 Å². The molecule has 2 nitrogen and oxygen atoms in total. The van der Waals surface area contributed by atoms with Gasteiger partial charge < -0.3 is 9.84 Å². The number of aliphatic hydroxyl groups is 1. The van der Waals surface area contributed by atoms with E-state index in [1.807, 2.05) is 11.4 Å². The number of rotatable bonds is 2. The Hall–Kier alpha value is -0.540. The van der Waals surface area contributed by atoms with E-state index >= 15 is 0 Å². The molecule has 1 heterocycles. The lowest BCUT2D eigenvalue weighted by atomic mass is 10.2. The SMILES string of the molecule is COc1ccsc1C1(O)CC1C. The standard InChI is InChI=1S/C9H12O2S/c1-6-5-9(6,10)8-7(11-2)3-4-12-8/h3-4,6,10H,5H2,1-2H3. The van der Waals surface area contributed by atoms with E-state index in [-0.39, 0.29) is 0 Å². The van der Waals surface area contributed by atoms with E-state index in [0.29, 0.717) is 5.92 Å². The summed E-state index contributed by atoms with van der Waals surface area (Å²) < 4.78 is 5.15. The molecular weight excluding hydrogens is 172 g/mol. The van der Waals surface area contributed by atoms with Crippen LogP contribution in [0.5, 0.6) is 5.75 Å². The predicted octanol–water partition coefficient (Wildman–Crippen LogP) is 1.98. The summed E-state index contributed by atoms with van der Waals surface area (Å²) in [5.74, 6) is 1.21. The summed E-state index contributed by atoms with van der Waals surface area (Å²) in [6.45, 7) is 2.05. The Labute approximate surface area is 75.8 Å². The van der Waals surface area contributed by atoms with Gasteiger partial charge in [-0.2, -0.15) is 0 Å². The molecule has 1 saturated carbocycles. The quantitative estimate of drug-likeness (QED) is 0.761. The molecule has 1 aliphatic rings. The van der Waals surface area contributed by atoms with Crippen molar-refractivity contribution in [3.63, 3.8) is 0 Å². The smallest absolute Gasteiger partial charge is 0.135 e. The van der Waals surface area contributed by atoms with Crippen LogP contribution in [0.1, 0.15) is 18.2 Å². The fraction of sp³-hybridized carbons (Fsp3) is 0.556. The Morgan fingerprint density at radius 1 is 1.75 bits per heavy atom. The Balaban J connectivity index is 2.34. The van der Waals surface area contributed by atoms with Gasteiger partial charge in [0.15, 0.2) is 0 Å². The van der Waals surface area contributed by atoms with Crippen LogP contribution >= 0.6 is 11.3 Å². The average molecular weight is 184 g/mol. The molecule has 0 aliphatic heterocycles. The summed E-state index contributed by atoms with van der Waals surface area (Å²) in [5.41, 5.74) is -0.584. The van der Waals surface area contributed by atoms with Crippen LogP contribution in [0, 0.1) is 5.92 Å². The van der Waals surface area contributed by atoms with Gasteiger partial charge in [-0.15, -0.1) is 11.3 Å². The lowest BCUT2D eigenvalue weighted by molar-refractivity contribution is 0.135. The van der Waals surface area contributed by atoms with Gasteiger partial charge >= 0.3 is 0 Å². The van der Waals surface area contributed by atoms with E-state index in [9.17, 15) is 5.11 Å². The van der Waals surface area contributed by atoms with Crippen molar-refractivity contribution < 1.29 is 9.84 Å². The molecule has 3 heteroatoms. The zero-order valence-corrected chi connectivity index (χ0v) is 8.02. The van der Waals surface area contributed by atoms with Gasteiger partial charge in [-0.05, 0) is 23.8 Å². The molecule has 0 saturated heterocycles. The third-order valence-corrected chi connectivity index (χ3v) is 3.58. The lowest BCUT2D eigenvalue weighted by Gasteiger charge is -2.08. The van der Waals surface area contributed by atoms with Crippen molar-refractivity contribution in [3.05, 3.63) is 16.3 Å². The second kappa shape index (κ2) is 2.47. The Kier molecular flexibility index (Phi) is 1.66. The van der Waals surface area contributed by atoms with Crippen LogP contribution in [-0.2, 0) is 5.60 Å². The van der Waals surface area contributed by atoms with Crippen molar-refractivity contribution in [2.45, 2.75) is 18.9 Å². The summed E-state index contributed by atoms with van der Waals surface area (Å²) in [6.07, 6.45) is 0.865. The highest BCUT2D eigenvalue weighted by atomic mass is 32.1. The Morgan fingerprint density at radius 2 is 2.42 bits per heavy atom. The van der Waals surface area contributed by atoms with Gasteiger partial charge in [-0.3, -0.25) is 0 Å². The molecule has 0 spiro atoms. The largest absolute Gasteiger partial charge is 0.495 e. The normalized spacial score (nSPS) is 33.4. The molecule has 1 aliphatic carbocycles. The predicted molar refractivity (Wildman–Crippen MR) is 48.5 cm³/mol. The fourth-order valence-corrected chi connectivity index (χ4v) is 2.58. The maximum Gasteiger partial charge on any atom is 0.135 e. The first-order valence-electron chi connectivity index (χ1n) is 4.03. The minimum Gasteiger partial charge on any atom is -0.495 e. The molecule has 0 amide bonds. The molecule has 2 atom stereocenters. The van der Waals surface area contributed by atoms with Crippen molar-refractivity contribution in [1.29, 1.82) is 0 Å². The monoisotopic (exact) mass is 184 g/mol. The van der Waals surface area contributed by atoms with Crippen LogP contribution in [0.15, 0.2) is 11.4 Å². The highest BCUT2D eigenvalue weighted by Crippen LogP contribution is 2.55. The van der Waals surface area contributed by atoms with Crippen LogP contribution in [0.4, 0.5) is 0 Å². The topological polar surface area (TPSA) is 29.5 Å². The third kappa shape index (κ3) is 0.967. The van der Waals surface area contributed by atoms with Crippen molar-refractivity contribution in [1.82, 2.24) is 0 Å². The zero-order valence-electron chi connectivity index (χ0n) is 7.20. The van der Waals surface area contributed by atoms with E-state index in [1.165, 1.54) is 0 Å². The Morgan fingerprint density at radius 3 is 2.92 bits per heavy atom. The number of hydrogen-bond acceptors (Lipinski definition) is 3. The number of methoxy groups -OCH3 is 1. The third-order valence-electron chi connectivity index (χ3n) is 2.51. The Bertz CT molecular complexity index is 294. The first-order chi connectivity index (χ1) is 5.68. The minimum atomic E-state index is -0.584. The van der Waals surface area contributed by atoms with E-state index < -0.39 is 5.60 Å². The van der Waals surface area contributed by atoms with Crippen LogP contribution in [0.3, 0.4) is 0 Å². The summed E-state index contributed by atoms with van der Waals surface area (Å²) in [4.78, 5) is 0.984. The molecule has 1 aromatic heterocycles. The van der Waals surface area contributed by atoms with Gasteiger partial charge in [0.2, 0.25) is 0 Å². The minimum absolute atomic E-state index is 0.380. The van der Waals surface area contributed by atoms with Crippen molar-refractivity contribution in [3.8, 4) is 5.75 Å². The number of thiophene rings is 1. The van der Waals surface area contributed by atoms with Crippen LogP contribution in [0.2, 0.25) is 0 Å². The molecule has 0 radical (unpaired) electrons. The molecule has 12 heavy (non-hydrogen) atoms. The molecule has 66 valence electrons. The summed E-state index contributed by atoms with van der Waals surface area (Å²) in [7, 11) is 1.64. The first-order valence-corrected chi connectivity index (χ1v) is 4.91. The molecule has 1 N–H and O–H groups in total. The zero-order chi connectivity index (χ0) is 8.77. The molecule has 0 aromatic carbocycles. The van der Waals surface area contributed by atoms with Crippen molar-refractivity contribution >= 4 is 11.3 Å². The van der Waals surface area contributed by atoms with Crippen molar-refractivity contribution in [2.24, 2.45) is 5.92 Å². The molecule has 1 fully saturated rings. The first kappa shape index (κ1) is 8.08. The van der Waals surface area contributed by atoms with Gasteiger partial charge in [0.25, 0.3) is 0 Å². The summed E-state index contributed by atoms with van der Waals surface area (Å²) >= 11 is 1.57. The second-order valence-electron chi connectivity index (χ2n) is 3.35. The summed E-state index contributed by atoms with van der Waals surface area (Å²) in [5, 5.41) is 12.0. The number of ether oxygens (including phenoxy) is 1. The van der Waals surface area contributed by atoms with Gasteiger partial charge in [0.1, 0.15) is 11.4 Å². The van der Waals surface area contributed by atoms with Gasteiger partial charge in [-0.1, -0.05) is 6.92 Å². The molecule has 2 unspecified atom stereocenters. The molecule has 1 aromatic rings. The van der Waals surface area contributed by atoms with Crippen LogP contribution < -0.4 is 4.74 Å². The fourth-order valence-electron chi connectivity index (χ4n) is 1.50. The van der Waals surface area contributed by atoms with Crippen LogP contribution in [0.25, 0.3) is 0 Å². The molecule has 0 bridgehead atoms. The molecular formula is C9H12O2S. The van der Waals surface area contributed by atoms with E-state index in [0.717, 1.165) is 17.0 Å². The maximum atomic E-state index is 10.00. The maximum absolute atomic E-state index is 10.00. The number of hydrogen-bond donors (Lipinski definition) is 1.